The lowest BCUT2D eigenvalue weighted by atomic mass is 10.1. The van der Waals surface area contributed by atoms with E-state index in [0.717, 1.165) is 17.2 Å². The summed E-state index contributed by atoms with van der Waals surface area (Å²) in [4.78, 5) is 26.9. The molecule has 6 nitrogen and oxygen atoms in total. The number of nitro groups is 1. The second kappa shape index (κ2) is 6.31. The minimum absolute atomic E-state index is 0.0713. The summed E-state index contributed by atoms with van der Waals surface area (Å²) in [7, 11) is 0. The molecule has 0 saturated heterocycles. The maximum absolute atomic E-state index is 12.7. The van der Waals surface area contributed by atoms with Crippen LogP contribution in [0.4, 0.5) is 15.9 Å². The normalized spacial score (nSPS) is 10.2. The molecule has 1 aromatic heterocycles. The first-order valence-corrected chi connectivity index (χ1v) is 6.99. The number of thioether (sulfide) groups is 1. The summed E-state index contributed by atoms with van der Waals surface area (Å²) >= 11 is 1.36. The van der Waals surface area contributed by atoms with Crippen molar-refractivity contribution in [2.75, 3.05) is 11.6 Å². The Morgan fingerprint density at radius 1 is 1.38 bits per heavy atom. The van der Waals surface area contributed by atoms with Crippen LogP contribution in [0.25, 0.3) is 0 Å². The van der Waals surface area contributed by atoms with Crippen LogP contribution in [0.5, 0.6) is 0 Å². The number of aromatic nitrogens is 1. The molecule has 2 rings (SSSR count). The molecule has 0 aliphatic heterocycles. The van der Waals surface area contributed by atoms with Gasteiger partial charge in [0.15, 0.2) is 0 Å². The number of halogens is 1. The zero-order valence-corrected chi connectivity index (χ0v) is 11.7. The van der Waals surface area contributed by atoms with Crippen LogP contribution in [0.3, 0.4) is 0 Å². The molecule has 21 heavy (non-hydrogen) atoms. The van der Waals surface area contributed by atoms with Gasteiger partial charge in [-0.1, -0.05) is 0 Å². The molecule has 1 N–H and O–H groups in total. The predicted molar refractivity (Wildman–Crippen MR) is 77.0 cm³/mol. The molecule has 0 unspecified atom stereocenters. The van der Waals surface area contributed by atoms with E-state index in [-0.39, 0.29) is 17.1 Å². The quantitative estimate of drug-likeness (QED) is 0.533. The van der Waals surface area contributed by atoms with Crippen molar-refractivity contribution in [1.82, 2.24) is 4.98 Å². The third-order valence-corrected chi connectivity index (χ3v) is 3.34. The highest BCUT2D eigenvalue weighted by Gasteiger charge is 2.21. The summed E-state index contributed by atoms with van der Waals surface area (Å²) in [6.45, 7) is 0. The van der Waals surface area contributed by atoms with Crippen LogP contribution < -0.4 is 5.32 Å². The van der Waals surface area contributed by atoms with E-state index >= 15 is 0 Å². The van der Waals surface area contributed by atoms with Gasteiger partial charge in [-0.05, 0) is 30.5 Å². The zero-order valence-electron chi connectivity index (χ0n) is 10.9. The van der Waals surface area contributed by atoms with Crippen molar-refractivity contribution in [3.05, 3.63) is 58.0 Å². The summed E-state index contributed by atoms with van der Waals surface area (Å²) in [6, 6.07) is 6.68. The minimum Gasteiger partial charge on any atom is -0.306 e. The van der Waals surface area contributed by atoms with E-state index in [1.165, 1.54) is 30.0 Å². The number of amides is 1. The summed E-state index contributed by atoms with van der Waals surface area (Å²) in [6.07, 6.45) is 2.74. The molecule has 0 spiro atoms. The lowest BCUT2D eigenvalue weighted by Crippen LogP contribution is -2.15. The molecule has 108 valence electrons. The van der Waals surface area contributed by atoms with Crippen LogP contribution in [0.2, 0.25) is 0 Å². The predicted octanol–water partition coefficient (Wildman–Crippen LogP) is 3.10. The maximum Gasteiger partial charge on any atom is 0.282 e. The highest BCUT2D eigenvalue weighted by Crippen LogP contribution is 2.25. The highest BCUT2D eigenvalue weighted by atomic mass is 32.2. The first-order valence-electron chi connectivity index (χ1n) is 5.76. The molecule has 0 radical (unpaired) electrons. The van der Waals surface area contributed by atoms with Crippen molar-refractivity contribution in [2.45, 2.75) is 4.90 Å². The zero-order chi connectivity index (χ0) is 15.4. The van der Waals surface area contributed by atoms with Gasteiger partial charge in [0.2, 0.25) is 0 Å². The lowest BCUT2D eigenvalue weighted by Gasteiger charge is -2.06. The Morgan fingerprint density at radius 3 is 2.71 bits per heavy atom. The second-order valence-electron chi connectivity index (χ2n) is 3.96. The number of hydrogen-bond acceptors (Lipinski definition) is 5. The molecule has 0 aliphatic rings. The highest BCUT2D eigenvalue weighted by molar-refractivity contribution is 7.98. The average Bonchev–Trinajstić information content (AvgIpc) is 2.48. The SMILES string of the molecule is CSc1ccc([N+](=O)[O-])c(C(=O)Nc2ccc(F)cn2)c1. The van der Waals surface area contributed by atoms with Crippen LogP contribution in [0.15, 0.2) is 41.4 Å². The van der Waals surface area contributed by atoms with Crippen molar-refractivity contribution >= 4 is 29.2 Å². The van der Waals surface area contributed by atoms with Gasteiger partial charge in [0.25, 0.3) is 11.6 Å². The van der Waals surface area contributed by atoms with Crippen molar-refractivity contribution in [2.24, 2.45) is 0 Å². The van der Waals surface area contributed by atoms with E-state index in [4.69, 9.17) is 0 Å². The summed E-state index contributed by atoms with van der Waals surface area (Å²) in [5, 5.41) is 13.4. The first-order chi connectivity index (χ1) is 10.0. The van der Waals surface area contributed by atoms with E-state index in [9.17, 15) is 19.3 Å². The van der Waals surface area contributed by atoms with Crippen molar-refractivity contribution in [1.29, 1.82) is 0 Å². The van der Waals surface area contributed by atoms with Crippen LogP contribution in [0, 0.1) is 15.9 Å². The number of rotatable bonds is 4. The van der Waals surface area contributed by atoms with Crippen LogP contribution in [-0.2, 0) is 0 Å². The van der Waals surface area contributed by atoms with Crippen LogP contribution >= 0.6 is 11.8 Å². The number of hydrogen-bond donors (Lipinski definition) is 1. The van der Waals surface area contributed by atoms with Gasteiger partial charge in [0.05, 0.1) is 11.1 Å². The Morgan fingerprint density at radius 2 is 2.14 bits per heavy atom. The van der Waals surface area contributed by atoms with Crippen LogP contribution in [0.1, 0.15) is 10.4 Å². The summed E-state index contributed by atoms with van der Waals surface area (Å²) < 4.78 is 12.7. The summed E-state index contributed by atoms with van der Waals surface area (Å²) in [5.41, 5.74) is -0.370. The molecule has 2 aromatic rings. The van der Waals surface area contributed by atoms with E-state index < -0.39 is 16.6 Å². The fraction of sp³-hybridized carbons (Fsp3) is 0.0769. The molecule has 0 bridgehead atoms. The average molecular weight is 307 g/mol. The Balaban J connectivity index is 2.33. The lowest BCUT2D eigenvalue weighted by molar-refractivity contribution is -0.385. The van der Waals surface area contributed by atoms with Gasteiger partial charge < -0.3 is 5.32 Å². The van der Waals surface area contributed by atoms with Gasteiger partial charge in [0, 0.05) is 11.0 Å². The summed E-state index contributed by atoms with van der Waals surface area (Å²) in [5.74, 6) is -1.09. The van der Waals surface area contributed by atoms with Gasteiger partial charge >= 0.3 is 0 Å². The topological polar surface area (TPSA) is 85.1 Å². The number of pyridine rings is 1. The number of nitrogens with one attached hydrogen (secondary N) is 1. The van der Waals surface area contributed by atoms with E-state index in [1.54, 1.807) is 12.3 Å². The smallest absolute Gasteiger partial charge is 0.282 e. The molecule has 8 heteroatoms. The van der Waals surface area contributed by atoms with Gasteiger partial charge in [-0.2, -0.15) is 0 Å². The minimum atomic E-state index is -0.670. The van der Waals surface area contributed by atoms with E-state index in [1.807, 2.05) is 0 Å². The molecule has 0 atom stereocenters. The number of nitrogens with zero attached hydrogens (tertiary/aromatic N) is 2. The number of anilines is 1. The van der Waals surface area contributed by atoms with Gasteiger partial charge in [-0.15, -0.1) is 11.8 Å². The van der Waals surface area contributed by atoms with Gasteiger partial charge in [0.1, 0.15) is 17.2 Å². The molecular weight excluding hydrogens is 297 g/mol. The Labute approximate surface area is 123 Å². The van der Waals surface area contributed by atoms with Crippen molar-refractivity contribution < 1.29 is 14.1 Å². The fourth-order valence-electron chi connectivity index (χ4n) is 1.62. The first kappa shape index (κ1) is 14.9. The van der Waals surface area contributed by atoms with Crippen molar-refractivity contribution in [3.8, 4) is 0 Å². The maximum atomic E-state index is 12.7. The van der Waals surface area contributed by atoms with E-state index in [0.29, 0.717) is 0 Å². The Kier molecular flexibility index (Phi) is 4.49. The van der Waals surface area contributed by atoms with Crippen molar-refractivity contribution in [3.63, 3.8) is 0 Å². The van der Waals surface area contributed by atoms with E-state index in [2.05, 4.69) is 10.3 Å². The molecular formula is C13H10FN3O3S. The van der Waals surface area contributed by atoms with Crippen LogP contribution in [-0.4, -0.2) is 22.1 Å². The number of nitro benzene ring substituents is 1. The Hall–Kier alpha value is -2.48. The van der Waals surface area contributed by atoms with Gasteiger partial charge in [-0.3, -0.25) is 14.9 Å². The molecule has 1 aromatic carbocycles. The second-order valence-corrected chi connectivity index (χ2v) is 4.84. The number of carbonyl (C=O) groups excluding carboxylic acids is 1. The van der Waals surface area contributed by atoms with Gasteiger partial charge in [-0.25, -0.2) is 9.37 Å². The molecule has 1 heterocycles. The number of benzene rings is 1. The third-order valence-electron chi connectivity index (χ3n) is 2.61. The molecule has 0 aliphatic carbocycles. The largest absolute Gasteiger partial charge is 0.306 e. The fourth-order valence-corrected chi connectivity index (χ4v) is 2.06. The number of carbonyl (C=O) groups is 1. The standard InChI is InChI=1S/C13H10FN3O3S/c1-21-9-3-4-11(17(19)20)10(6-9)13(18)16-12-5-2-8(14)7-15-12/h2-7H,1H3,(H,15,16,18). The monoisotopic (exact) mass is 307 g/mol. The molecule has 0 saturated carbocycles. The Bertz CT molecular complexity index is 692. The third kappa shape index (κ3) is 3.54. The molecule has 1 amide bonds. The molecule has 0 fully saturated rings.